The number of H-pyrrole nitrogens is 1. The molecule has 10 heteroatoms. The number of fused-ring (bicyclic) bond motifs is 1. The molecule has 0 fully saturated rings. The second kappa shape index (κ2) is 9.35. The van der Waals surface area contributed by atoms with Crippen molar-refractivity contribution in [3.63, 3.8) is 0 Å². The standard InChI is InChI=1S/C21H19FN4O4S/c1-3-10-26-20(29)14-9-8-13(11-16(14)23-21(26)31)19(28)25-24-18(27)12(2)30-17-7-5-4-6-15(17)22/h3-9,11-12H,1,10H2,2H3,(H,23,31)(H,24,27)(H,25,28). The summed E-state index contributed by atoms with van der Waals surface area (Å²) < 4.78 is 20.4. The van der Waals surface area contributed by atoms with Crippen molar-refractivity contribution in [3.8, 4) is 5.75 Å². The summed E-state index contributed by atoms with van der Waals surface area (Å²) in [5.74, 6) is -1.98. The Morgan fingerprint density at radius 2 is 2.03 bits per heavy atom. The van der Waals surface area contributed by atoms with Gasteiger partial charge in [0.1, 0.15) is 0 Å². The number of carbonyl (C=O) groups is 2. The molecule has 1 atom stereocenters. The highest BCUT2D eigenvalue weighted by atomic mass is 32.1. The minimum atomic E-state index is -1.06. The lowest BCUT2D eigenvalue weighted by atomic mass is 10.1. The first-order valence-electron chi connectivity index (χ1n) is 9.21. The van der Waals surface area contributed by atoms with Crippen molar-refractivity contribution in [2.45, 2.75) is 19.6 Å². The molecule has 3 rings (SSSR count). The molecule has 8 nitrogen and oxygen atoms in total. The van der Waals surface area contributed by atoms with Gasteiger partial charge in [-0.15, -0.1) is 6.58 Å². The summed E-state index contributed by atoms with van der Waals surface area (Å²) >= 11 is 5.18. The van der Waals surface area contributed by atoms with Crippen LogP contribution in [0.15, 0.2) is 59.9 Å². The Morgan fingerprint density at radius 1 is 1.29 bits per heavy atom. The highest BCUT2D eigenvalue weighted by Crippen LogP contribution is 2.17. The zero-order valence-electron chi connectivity index (χ0n) is 16.5. The zero-order valence-corrected chi connectivity index (χ0v) is 17.3. The number of nitrogens with zero attached hydrogens (tertiary/aromatic N) is 1. The van der Waals surface area contributed by atoms with Crippen molar-refractivity contribution in [1.29, 1.82) is 0 Å². The Labute approximate surface area is 181 Å². The van der Waals surface area contributed by atoms with Crippen LogP contribution in [0.5, 0.6) is 5.75 Å². The number of carbonyl (C=O) groups excluding carboxylic acids is 2. The number of halogens is 1. The fourth-order valence-electron chi connectivity index (χ4n) is 2.77. The van der Waals surface area contributed by atoms with Crippen LogP contribution in [-0.2, 0) is 11.3 Å². The van der Waals surface area contributed by atoms with E-state index in [2.05, 4.69) is 22.4 Å². The molecule has 0 saturated carbocycles. The van der Waals surface area contributed by atoms with Crippen LogP contribution < -0.4 is 21.1 Å². The van der Waals surface area contributed by atoms with Crippen molar-refractivity contribution in [2.75, 3.05) is 0 Å². The smallest absolute Gasteiger partial charge is 0.279 e. The van der Waals surface area contributed by atoms with Gasteiger partial charge in [-0.3, -0.25) is 29.8 Å². The maximum absolute atomic E-state index is 13.6. The third kappa shape index (κ3) is 4.86. The number of hydrogen-bond donors (Lipinski definition) is 3. The van der Waals surface area contributed by atoms with Gasteiger partial charge >= 0.3 is 0 Å². The summed E-state index contributed by atoms with van der Waals surface area (Å²) in [5, 5.41) is 0.350. The van der Waals surface area contributed by atoms with E-state index in [0.29, 0.717) is 10.9 Å². The van der Waals surface area contributed by atoms with Crippen molar-refractivity contribution < 1.29 is 18.7 Å². The predicted octanol–water partition coefficient (Wildman–Crippen LogP) is 2.61. The van der Waals surface area contributed by atoms with Gasteiger partial charge in [0, 0.05) is 12.1 Å². The van der Waals surface area contributed by atoms with Crippen LogP contribution in [0.3, 0.4) is 0 Å². The normalized spacial score (nSPS) is 11.5. The molecular weight excluding hydrogens is 423 g/mol. The molecule has 31 heavy (non-hydrogen) atoms. The maximum Gasteiger partial charge on any atom is 0.279 e. The van der Waals surface area contributed by atoms with Crippen molar-refractivity contribution in [3.05, 3.63) is 81.6 Å². The SMILES string of the molecule is C=CCn1c(=S)[nH]c2cc(C(=O)NNC(=O)C(C)Oc3ccccc3F)ccc2c1=O. The van der Waals surface area contributed by atoms with E-state index < -0.39 is 23.7 Å². The lowest BCUT2D eigenvalue weighted by molar-refractivity contribution is -0.128. The van der Waals surface area contributed by atoms with E-state index in [0.717, 1.165) is 0 Å². The number of ether oxygens (including phenoxy) is 1. The van der Waals surface area contributed by atoms with Gasteiger partial charge in [-0.25, -0.2) is 4.39 Å². The third-order valence-corrected chi connectivity index (χ3v) is 4.69. The summed E-state index contributed by atoms with van der Waals surface area (Å²) in [6, 6.07) is 10.0. The van der Waals surface area contributed by atoms with E-state index in [1.807, 2.05) is 0 Å². The van der Waals surface area contributed by atoms with Crippen LogP contribution in [0.2, 0.25) is 0 Å². The fourth-order valence-corrected chi connectivity index (χ4v) is 3.03. The molecule has 3 aromatic rings. The first kappa shape index (κ1) is 21.9. The largest absolute Gasteiger partial charge is 0.478 e. The van der Waals surface area contributed by atoms with Gasteiger partial charge in [0.25, 0.3) is 17.4 Å². The topological polar surface area (TPSA) is 105 Å². The molecule has 0 spiro atoms. The molecule has 1 aromatic heterocycles. The van der Waals surface area contributed by atoms with E-state index >= 15 is 0 Å². The molecule has 160 valence electrons. The number of para-hydroxylation sites is 1. The van der Waals surface area contributed by atoms with Crippen LogP contribution in [0.1, 0.15) is 17.3 Å². The van der Waals surface area contributed by atoms with Crippen LogP contribution >= 0.6 is 12.2 Å². The Balaban J connectivity index is 1.70. The summed E-state index contributed by atoms with van der Waals surface area (Å²) in [6.07, 6.45) is 0.492. The van der Waals surface area contributed by atoms with Crippen molar-refractivity contribution in [2.24, 2.45) is 0 Å². The number of rotatable bonds is 6. The van der Waals surface area contributed by atoms with E-state index in [4.69, 9.17) is 17.0 Å². The van der Waals surface area contributed by atoms with Gasteiger partial charge in [-0.05, 0) is 49.5 Å². The minimum absolute atomic E-state index is 0.0802. The van der Waals surface area contributed by atoms with E-state index in [1.165, 1.54) is 47.9 Å². The molecule has 1 heterocycles. The predicted molar refractivity (Wildman–Crippen MR) is 116 cm³/mol. The number of nitrogens with one attached hydrogen (secondary N) is 3. The molecule has 0 aliphatic carbocycles. The van der Waals surface area contributed by atoms with Gasteiger partial charge in [0.05, 0.1) is 10.9 Å². The molecule has 0 aliphatic rings. The highest BCUT2D eigenvalue weighted by Gasteiger charge is 2.18. The van der Waals surface area contributed by atoms with Crippen LogP contribution in [0, 0.1) is 10.6 Å². The number of aromatic nitrogens is 2. The fraction of sp³-hybridized carbons (Fsp3) is 0.143. The minimum Gasteiger partial charge on any atom is -0.478 e. The van der Waals surface area contributed by atoms with Gasteiger partial charge in [-0.2, -0.15) is 0 Å². The van der Waals surface area contributed by atoms with Gasteiger partial charge in [0.2, 0.25) is 0 Å². The first-order valence-corrected chi connectivity index (χ1v) is 9.61. The van der Waals surface area contributed by atoms with Crippen LogP contribution in [0.25, 0.3) is 10.9 Å². The summed E-state index contributed by atoms with van der Waals surface area (Å²) in [7, 11) is 0. The highest BCUT2D eigenvalue weighted by molar-refractivity contribution is 7.71. The Kier molecular flexibility index (Phi) is 6.61. The number of benzene rings is 2. The second-order valence-electron chi connectivity index (χ2n) is 6.53. The molecule has 0 saturated heterocycles. The lowest BCUT2D eigenvalue weighted by Crippen LogP contribution is -2.47. The average Bonchev–Trinajstić information content (AvgIpc) is 2.75. The molecule has 1 unspecified atom stereocenters. The Hall–Kier alpha value is -3.79. The second-order valence-corrected chi connectivity index (χ2v) is 6.92. The number of hydrogen-bond acceptors (Lipinski definition) is 5. The van der Waals surface area contributed by atoms with E-state index in [-0.39, 0.29) is 28.2 Å². The van der Waals surface area contributed by atoms with Crippen LogP contribution in [0.4, 0.5) is 4.39 Å². The first-order chi connectivity index (χ1) is 14.8. The summed E-state index contributed by atoms with van der Waals surface area (Å²) in [5.41, 5.74) is 4.74. The number of amides is 2. The number of allylic oxidation sites excluding steroid dienone is 1. The molecule has 2 amide bonds. The average molecular weight is 442 g/mol. The van der Waals surface area contributed by atoms with Crippen LogP contribution in [-0.4, -0.2) is 27.5 Å². The number of hydrazine groups is 1. The van der Waals surface area contributed by atoms with E-state index in [1.54, 1.807) is 12.1 Å². The van der Waals surface area contributed by atoms with E-state index in [9.17, 15) is 18.8 Å². The van der Waals surface area contributed by atoms with Gasteiger partial charge < -0.3 is 9.72 Å². The quantitative estimate of drug-likeness (QED) is 0.309. The van der Waals surface area contributed by atoms with Gasteiger partial charge in [-0.1, -0.05) is 18.2 Å². The van der Waals surface area contributed by atoms with Gasteiger partial charge in [0.15, 0.2) is 22.4 Å². The maximum atomic E-state index is 13.6. The molecular formula is C21H19FN4O4S. The molecule has 0 aliphatic heterocycles. The summed E-state index contributed by atoms with van der Waals surface area (Å²) in [4.78, 5) is 40.0. The molecule has 0 bridgehead atoms. The van der Waals surface area contributed by atoms with Crippen molar-refractivity contribution >= 4 is 34.9 Å². The molecule has 0 radical (unpaired) electrons. The molecule has 3 N–H and O–H groups in total. The lowest BCUT2D eigenvalue weighted by Gasteiger charge is -2.15. The summed E-state index contributed by atoms with van der Waals surface area (Å²) in [6.45, 7) is 5.27. The zero-order chi connectivity index (χ0) is 22.5. The Morgan fingerprint density at radius 3 is 2.74 bits per heavy atom. The number of aromatic amines is 1. The third-order valence-electron chi connectivity index (χ3n) is 4.36. The Bertz CT molecular complexity index is 1280. The monoisotopic (exact) mass is 442 g/mol. The molecule has 2 aromatic carbocycles. The van der Waals surface area contributed by atoms with Crippen molar-refractivity contribution in [1.82, 2.24) is 20.4 Å².